The Bertz CT molecular complexity index is 214. The third-order valence-electron chi connectivity index (χ3n) is 2.11. The predicted molar refractivity (Wildman–Crippen MR) is 42.1 cm³/mol. The Balaban J connectivity index is 2.76. The Morgan fingerprint density at radius 2 is 2.17 bits per heavy atom. The summed E-state index contributed by atoms with van der Waals surface area (Å²) in [6.45, 7) is 3.44. The molecule has 0 radical (unpaired) electrons. The zero-order valence-electron chi connectivity index (χ0n) is 7.53. The maximum Gasteiger partial charge on any atom is 0.234 e. The van der Waals surface area contributed by atoms with Crippen molar-refractivity contribution < 1.29 is 14.3 Å². The summed E-state index contributed by atoms with van der Waals surface area (Å²) in [6, 6.07) is 0. The van der Waals surface area contributed by atoms with Crippen molar-refractivity contribution in [2.75, 3.05) is 7.11 Å². The molecule has 0 aromatic heterocycles. The van der Waals surface area contributed by atoms with Gasteiger partial charge in [0.15, 0.2) is 0 Å². The van der Waals surface area contributed by atoms with Gasteiger partial charge >= 0.3 is 0 Å². The highest BCUT2D eigenvalue weighted by Gasteiger charge is 2.38. The van der Waals surface area contributed by atoms with Crippen molar-refractivity contribution >= 4 is 11.8 Å². The fraction of sp³-hybridized carbons (Fsp3) is 0.750. The van der Waals surface area contributed by atoms with E-state index in [0.29, 0.717) is 6.42 Å². The van der Waals surface area contributed by atoms with Crippen LogP contribution in [0.3, 0.4) is 0 Å². The fourth-order valence-corrected chi connectivity index (χ4v) is 1.30. The van der Waals surface area contributed by atoms with Crippen LogP contribution >= 0.6 is 0 Å². The van der Waals surface area contributed by atoms with Crippen LogP contribution in [0.5, 0.6) is 0 Å². The van der Waals surface area contributed by atoms with Gasteiger partial charge in [-0.2, -0.15) is 0 Å². The summed E-state index contributed by atoms with van der Waals surface area (Å²) in [6.07, 6.45) is -0.123. The summed E-state index contributed by atoms with van der Waals surface area (Å²) >= 11 is 0. The van der Waals surface area contributed by atoms with Gasteiger partial charge in [-0.25, -0.2) is 0 Å². The lowest BCUT2D eigenvalue weighted by Gasteiger charge is -2.20. The molecule has 0 N–H and O–H groups in total. The number of amides is 2. The molecule has 1 fully saturated rings. The number of hydrogen-bond donors (Lipinski definition) is 0. The highest BCUT2D eigenvalue weighted by atomic mass is 16.5. The summed E-state index contributed by atoms with van der Waals surface area (Å²) in [4.78, 5) is 23.7. The van der Waals surface area contributed by atoms with E-state index >= 15 is 0 Å². The second-order valence-electron chi connectivity index (χ2n) is 3.04. The average Bonchev–Trinajstić information content (AvgIpc) is 2.26. The van der Waals surface area contributed by atoms with Gasteiger partial charge in [-0.15, -0.1) is 0 Å². The summed E-state index contributed by atoms with van der Waals surface area (Å²) < 4.78 is 4.91. The number of methoxy groups -OCH3 is 1. The highest BCUT2D eigenvalue weighted by Crippen LogP contribution is 2.20. The Labute approximate surface area is 71.5 Å². The van der Waals surface area contributed by atoms with Crippen LogP contribution in [0.1, 0.15) is 20.3 Å². The molecule has 0 aromatic carbocycles. The smallest absolute Gasteiger partial charge is 0.234 e. The molecular weight excluding hydrogens is 158 g/mol. The summed E-state index contributed by atoms with van der Waals surface area (Å²) in [5.41, 5.74) is 0. The number of ether oxygens (including phenoxy) is 1. The van der Waals surface area contributed by atoms with Crippen LogP contribution in [0.2, 0.25) is 0 Å². The highest BCUT2D eigenvalue weighted by molar-refractivity contribution is 6.03. The molecule has 1 saturated heterocycles. The van der Waals surface area contributed by atoms with Gasteiger partial charge in [0, 0.05) is 19.4 Å². The molecule has 0 saturated carbocycles. The summed E-state index contributed by atoms with van der Waals surface area (Å²) in [7, 11) is 1.48. The van der Waals surface area contributed by atoms with Crippen LogP contribution in [0, 0.1) is 5.92 Å². The minimum Gasteiger partial charge on any atom is -0.361 e. The van der Waals surface area contributed by atoms with Crippen molar-refractivity contribution in [2.24, 2.45) is 5.92 Å². The SMILES string of the molecule is COC(C)N1C(=O)CC(C)C1=O. The first-order valence-electron chi connectivity index (χ1n) is 3.96. The standard InChI is InChI=1S/C8H13NO3/c1-5-4-7(10)9(8(5)11)6(2)12-3/h5-6H,4H2,1-3H3. The number of carbonyl (C=O) groups is 2. The van der Waals surface area contributed by atoms with Crippen molar-refractivity contribution in [1.29, 1.82) is 0 Å². The molecule has 1 rings (SSSR count). The van der Waals surface area contributed by atoms with Crippen LogP contribution in [-0.2, 0) is 14.3 Å². The second kappa shape index (κ2) is 3.23. The molecule has 1 aliphatic heterocycles. The van der Waals surface area contributed by atoms with E-state index in [9.17, 15) is 9.59 Å². The van der Waals surface area contributed by atoms with Crippen molar-refractivity contribution in [3.8, 4) is 0 Å². The number of carbonyl (C=O) groups excluding carboxylic acids is 2. The lowest BCUT2D eigenvalue weighted by atomic mass is 10.1. The molecule has 1 heterocycles. The predicted octanol–water partition coefficient (Wildman–Crippen LogP) is 0.374. The third-order valence-corrected chi connectivity index (χ3v) is 2.11. The van der Waals surface area contributed by atoms with Gasteiger partial charge in [0.2, 0.25) is 11.8 Å². The third kappa shape index (κ3) is 1.34. The van der Waals surface area contributed by atoms with Crippen LogP contribution in [0.4, 0.5) is 0 Å². The maximum atomic E-state index is 11.3. The monoisotopic (exact) mass is 171 g/mol. The van der Waals surface area contributed by atoms with Gasteiger partial charge < -0.3 is 4.74 Å². The van der Waals surface area contributed by atoms with Gasteiger partial charge in [-0.1, -0.05) is 6.92 Å². The molecule has 1 aliphatic rings. The first-order valence-corrected chi connectivity index (χ1v) is 3.96. The van der Waals surface area contributed by atoms with E-state index in [4.69, 9.17) is 4.74 Å². The lowest BCUT2D eigenvalue weighted by molar-refractivity contribution is -0.151. The topological polar surface area (TPSA) is 46.6 Å². The molecule has 2 amide bonds. The van der Waals surface area contributed by atoms with Gasteiger partial charge in [-0.3, -0.25) is 14.5 Å². The fourth-order valence-electron chi connectivity index (χ4n) is 1.30. The van der Waals surface area contributed by atoms with Crippen LogP contribution in [-0.4, -0.2) is 30.1 Å². The Hall–Kier alpha value is -0.900. The normalized spacial score (nSPS) is 26.6. The van der Waals surface area contributed by atoms with Crippen molar-refractivity contribution in [1.82, 2.24) is 4.90 Å². The van der Waals surface area contributed by atoms with E-state index in [1.165, 1.54) is 12.0 Å². The van der Waals surface area contributed by atoms with Crippen molar-refractivity contribution in [3.05, 3.63) is 0 Å². The molecule has 68 valence electrons. The number of imide groups is 1. The Morgan fingerprint density at radius 1 is 1.58 bits per heavy atom. The average molecular weight is 171 g/mol. The van der Waals surface area contributed by atoms with Gasteiger partial charge in [0.1, 0.15) is 6.23 Å². The van der Waals surface area contributed by atoms with E-state index in [0.717, 1.165) is 0 Å². The molecule has 12 heavy (non-hydrogen) atoms. The molecule has 0 bridgehead atoms. The van der Waals surface area contributed by atoms with Crippen molar-refractivity contribution in [2.45, 2.75) is 26.5 Å². The molecule has 2 unspecified atom stereocenters. The first-order chi connectivity index (χ1) is 5.57. The zero-order valence-corrected chi connectivity index (χ0v) is 7.53. The van der Waals surface area contributed by atoms with Crippen LogP contribution < -0.4 is 0 Å². The van der Waals surface area contributed by atoms with E-state index < -0.39 is 6.23 Å². The summed E-state index contributed by atoms with van der Waals surface area (Å²) in [5.74, 6) is -0.452. The molecule has 2 atom stereocenters. The molecule has 0 spiro atoms. The summed E-state index contributed by atoms with van der Waals surface area (Å²) in [5, 5.41) is 0. The zero-order chi connectivity index (χ0) is 9.30. The largest absolute Gasteiger partial charge is 0.361 e. The first kappa shape index (κ1) is 9.19. The van der Waals surface area contributed by atoms with Crippen LogP contribution in [0.15, 0.2) is 0 Å². The number of likely N-dealkylation sites (tertiary alicyclic amines) is 1. The minimum atomic E-state index is -0.435. The minimum absolute atomic E-state index is 0.130. The number of rotatable bonds is 2. The molecule has 4 nitrogen and oxygen atoms in total. The second-order valence-corrected chi connectivity index (χ2v) is 3.04. The van der Waals surface area contributed by atoms with Gasteiger partial charge in [0.05, 0.1) is 0 Å². The van der Waals surface area contributed by atoms with Gasteiger partial charge in [0.25, 0.3) is 0 Å². The van der Waals surface area contributed by atoms with E-state index in [-0.39, 0.29) is 17.7 Å². The number of nitrogens with zero attached hydrogens (tertiary/aromatic N) is 1. The van der Waals surface area contributed by atoms with E-state index in [2.05, 4.69) is 0 Å². The van der Waals surface area contributed by atoms with Crippen LogP contribution in [0.25, 0.3) is 0 Å². The maximum absolute atomic E-state index is 11.3. The molecule has 0 aliphatic carbocycles. The van der Waals surface area contributed by atoms with E-state index in [1.54, 1.807) is 13.8 Å². The number of hydrogen-bond acceptors (Lipinski definition) is 3. The Morgan fingerprint density at radius 3 is 2.50 bits per heavy atom. The lowest BCUT2D eigenvalue weighted by Crippen LogP contribution is -2.39. The molecule has 4 heteroatoms. The Kier molecular flexibility index (Phi) is 2.47. The molecular formula is C8H13NO3. The quantitative estimate of drug-likeness (QED) is 0.564. The van der Waals surface area contributed by atoms with Gasteiger partial charge in [-0.05, 0) is 6.92 Å². The molecule has 0 aromatic rings. The van der Waals surface area contributed by atoms with Crippen molar-refractivity contribution in [3.63, 3.8) is 0 Å². The van der Waals surface area contributed by atoms with E-state index in [1.807, 2.05) is 0 Å².